The second-order valence-corrected chi connectivity index (χ2v) is 5.95. The number of carbonyl (C=O) groups is 1. The largest absolute Gasteiger partial charge is 0.493 e. The van der Waals surface area contributed by atoms with Gasteiger partial charge >= 0.3 is 0 Å². The summed E-state index contributed by atoms with van der Waals surface area (Å²) in [4.78, 5) is 12.5. The third-order valence-corrected chi connectivity index (χ3v) is 4.10. The van der Waals surface area contributed by atoms with Crippen molar-refractivity contribution < 1.29 is 9.53 Å². The van der Waals surface area contributed by atoms with E-state index < -0.39 is 5.66 Å². The van der Waals surface area contributed by atoms with Crippen LogP contribution in [-0.2, 0) is 5.66 Å². The van der Waals surface area contributed by atoms with Crippen LogP contribution in [0.25, 0.3) is 0 Å². The lowest BCUT2D eigenvalue weighted by Gasteiger charge is -2.38. The molecule has 1 heterocycles. The maximum Gasteiger partial charge on any atom is 0.255 e. The molecule has 2 N–H and O–H groups in total. The maximum atomic E-state index is 12.5. The van der Waals surface area contributed by atoms with Crippen molar-refractivity contribution in [2.24, 2.45) is 0 Å². The Balaban J connectivity index is 1.94. The topological polar surface area (TPSA) is 50.4 Å². The Hall–Kier alpha value is -2.49. The summed E-state index contributed by atoms with van der Waals surface area (Å²) in [6, 6.07) is 15.4. The molecule has 120 valence electrons. The molecule has 2 aromatic carbocycles. The number of ether oxygens (including phenoxy) is 1. The van der Waals surface area contributed by atoms with E-state index in [2.05, 4.69) is 17.6 Å². The monoisotopic (exact) mass is 310 g/mol. The molecule has 4 heteroatoms. The molecule has 4 nitrogen and oxygen atoms in total. The number of nitrogens with one attached hydrogen (secondary N) is 2. The zero-order valence-electron chi connectivity index (χ0n) is 13.6. The summed E-state index contributed by atoms with van der Waals surface area (Å²) >= 11 is 0. The molecule has 1 amide bonds. The molecule has 1 unspecified atom stereocenters. The minimum atomic E-state index is -0.700. The molecular weight excluding hydrogens is 288 g/mol. The number of benzene rings is 2. The highest BCUT2D eigenvalue weighted by molar-refractivity contribution is 6.02. The van der Waals surface area contributed by atoms with Crippen LogP contribution in [0.1, 0.15) is 42.6 Å². The van der Waals surface area contributed by atoms with Gasteiger partial charge in [0.25, 0.3) is 5.91 Å². The van der Waals surface area contributed by atoms with Gasteiger partial charge in [-0.2, -0.15) is 0 Å². The number of unbranched alkanes of at least 4 members (excludes halogenated alkanes) is 1. The van der Waals surface area contributed by atoms with Crippen molar-refractivity contribution in [1.29, 1.82) is 0 Å². The van der Waals surface area contributed by atoms with Gasteiger partial charge in [-0.1, -0.05) is 43.7 Å². The summed E-state index contributed by atoms with van der Waals surface area (Å²) in [7, 11) is 0. The zero-order chi connectivity index (χ0) is 16.3. The average molecular weight is 310 g/mol. The van der Waals surface area contributed by atoms with Crippen molar-refractivity contribution in [3.05, 3.63) is 59.7 Å². The number of hydrogen-bond acceptors (Lipinski definition) is 3. The average Bonchev–Trinajstić information content (AvgIpc) is 2.55. The summed E-state index contributed by atoms with van der Waals surface area (Å²) in [5, 5.41) is 6.50. The molecule has 0 bridgehead atoms. The second-order valence-electron chi connectivity index (χ2n) is 5.95. The molecule has 0 saturated heterocycles. The van der Waals surface area contributed by atoms with E-state index in [4.69, 9.17) is 4.74 Å². The highest BCUT2D eigenvalue weighted by Crippen LogP contribution is 2.35. The number of rotatable bonds is 5. The summed E-state index contributed by atoms with van der Waals surface area (Å²) in [6.07, 6.45) is 2.09. The lowest BCUT2D eigenvalue weighted by molar-refractivity contribution is 0.0905. The first-order valence-electron chi connectivity index (χ1n) is 8.06. The Kier molecular flexibility index (Phi) is 4.24. The third kappa shape index (κ3) is 3.02. The van der Waals surface area contributed by atoms with Crippen molar-refractivity contribution in [1.82, 2.24) is 5.32 Å². The van der Waals surface area contributed by atoms with Gasteiger partial charge in [-0.15, -0.1) is 0 Å². The number of hydrogen-bond donors (Lipinski definition) is 2. The molecular formula is C19H22N2O2. The fraction of sp³-hybridized carbons (Fsp3) is 0.316. The normalized spacial score (nSPS) is 19.5. The second kappa shape index (κ2) is 6.32. The van der Waals surface area contributed by atoms with Crippen molar-refractivity contribution >= 4 is 11.6 Å². The number of anilines is 1. The van der Waals surface area contributed by atoms with E-state index in [1.807, 2.05) is 55.5 Å². The zero-order valence-corrected chi connectivity index (χ0v) is 13.6. The standard InChI is InChI=1S/C19H22N2O2/c1-3-4-13-23-17-12-8-6-10-15(17)19(2)20-16-11-7-5-9-14(16)18(22)21-19/h5-12,20H,3-4,13H2,1-2H3,(H,21,22). The third-order valence-electron chi connectivity index (χ3n) is 4.10. The SMILES string of the molecule is CCCCOc1ccccc1C1(C)NC(=O)c2ccccc2N1. The van der Waals surface area contributed by atoms with Crippen LogP contribution in [0.2, 0.25) is 0 Å². The van der Waals surface area contributed by atoms with Gasteiger partial charge in [0.2, 0.25) is 0 Å². The van der Waals surface area contributed by atoms with Gasteiger partial charge in [-0.3, -0.25) is 4.79 Å². The Labute approximate surface area is 136 Å². The van der Waals surface area contributed by atoms with E-state index in [9.17, 15) is 4.79 Å². The molecule has 0 aliphatic carbocycles. The van der Waals surface area contributed by atoms with Gasteiger partial charge < -0.3 is 15.4 Å². The minimum Gasteiger partial charge on any atom is -0.493 e. The summed E-state index contributed by atoms with van der Waals surface area (Å²) in [5.74, 6) is 0.723. The van der Waals surface area contributed by atoms with E-state index in [1.165, 1.54) is 0 Å². The first-order valence-corrected chi connectivity index (χ1v) is 8.06. The first kappa shape index (κ1) is 15.4. The van der Waals surface area contributed by atoms with Gasteiger partial charge in [0, 0.05) is 11.3 Å². The lowest BCUT2D eigenvalue weighted by atomic mass is 9.95. The highest BCUT2D eigenvalue weighted by atomic mass is 16.5. The van der Waals surface area contributed by atoms with E-state index in [0.29, 0.717) is 12.2 Å². The van der Waals surface area contributed by atoms with Gasteiger partial charge in [0.1, 0.15) is 11.4 Å². The maximum absolute atomic E-state index is 12.5. The predicted octanol–water partition coefficient (Wildman–Crippen LogP) is 3.89. The Morgan fingerprint density at radius 1 is 1.04 bits per heavy atom. The summed E-state index contributed by atoms with van der Waals surface area (Å²) in [6.45, 7) is 4.77. The van der Waals surface area contributed by atoms with Crippen molar-refractivity contribution in [2.45, 2.75) is 32.4 Å². The molecule has 0 saturated carbocycles. The van der Waals surface area contributed by atoms with Gasteiger partial charge in [0.05, 0.1) is 12.2 Å². The molecule has 0 radical (unpaired) electrons. The Bertz CT molecular complexity index is 714. The fourth-order valence-electron chi connectivity index (χ4n) is 2.85. The van der Waals surface area contributed by atoms with Crippen LogP contribution in [0.3, 0.4) is 0 Å². The van der Waals surface area contributed by atoms with Crippen LogP contribution in [0, 0.1) is 0 Å². The van der Waals surface area contributed by atoms with Crippen molar-refractivity contribution in [3.8, 4) is 5.75 Å². The molecule has 1 atom stereocenters. The summed E-state index contributed by atoms with van der Waals surface area (Å²) in [5.41, 5.74) is 1.73. The molecule has 0 fully saturated rings. The van der Waals surface area contributed by atoms with Crippen molar-refractivity contribution in [3.63, 3.8) is 0 Å². The van der Waals surface area contributed by atoms with Crippen LogP contribution >= 0.6 is 0 Å². The van der Waals surface area contributed by atoms with E-state index >= 15 is 0 Å². The fourth-order valence-corrected chi connectivity index (χ4v) is 2.85. The first-order chi connectivity index (χ1) is 11.1. The molecule has 3 rings (SSSR count). The van der Waals surface area contributed by atoms with Crippen LogP contribution in [-0.4, -0.2) is 12.5 Å². The van der Waals surface area contributed by atoms with Gasteiger partial charge in [-0.25, -0.2) is 0 Å². The van der Waals surface area contributed by atoms with Gasteiger partial charge in [-0.05, 0) is 31.5 Å². The van der Waals surface area contributed by atoms with E-state index in [1.54, 1.807) is 0 Å². The number of para-hydroxylation sites is 2. The Morgan fingerprint density at radius 3 is 2.61 bits per heavy atom. The van der Waals surface area contributed by atoms with Crippen molar-refractivity contribution in [2.75, 3.05) is 11.9 Å². The Morgan fingerprint density at radius 2 is 1.78 bits per heavy atom. The molecule has 0 spiro atoms. The predicted molar refractivity (Wildman–Crippen MR) is 91.7 cm³/mol. The number of fused-ring (bicyclic) bond motifs is 1. The molecule has 1 aliphatic rings. The highest BCUT2D eigenvalue weighted by Gasteiger charge is 2.36. The quantitative estimate of drug-likeness (QED) is 0.824. The van der Waals surface area contributed by atoms with Gasteiger partial charge in [0.15, 0.2) is 0 Å². The molecule has 1 aliphatic heterocycles. The molecule has 0 aromatic heterocycles. The lowest BCUT2D eigenvalue weighted by Crippen LogP contribution is -2.53. The number of carbonyl (C=O) groups excluding carboxylic acids is 1. The minimum absolute atomic E-state index is 0.0785. The van der Waals surface area contributed by atoms with E-state index in [0.717, 1.165) is 29.8 Å². The van der Waals surface area contributed by atoms with Crippen LogP contribution in [0.5, 0.6) is 5.75 Å². The molecule has 2 aromatic rings. The smallest absolute Gasteiger partial charge is 0.255 e. The van der Waals surface area contributed by atoms with Crippen LogP contribution < -0.4 is 15.4 Å². The summed E-state index contributed by atoms with van der Waals surface area (Å²) < 4.78 is 5.93. The van der Waals surface area contributed by atoms with Crippen LogP contribution in [0.15, 0.2) is 48.5 Å². The molecule has 23 heavy (non-hydrogen) atoms. The number of amides is 1. The van der Waals surface area contributed by atoms with E-state index in [-0.39, 0.29) is 5.91 Å². The van der Waals surface area contributed by atoms with Crippen LogP contribution in [0.4, 0.5) is 5.69 Å².